The predicted octanol–water partition coefficient (Wildman–Crippen LogP) is 5.22. The first-order valence-corrected chi connectivity index (χ1v) is 11.2. The molecule has 0 radical (unpaired) electrons. The molecule has 0 fully saturated rings. The van der Waals surface area contributed by atoms with Crippen LogP contribution in [0.5, 0.6) is 0 Å². The highest BCUT2D eigenvalue weighted by Gasteiger charge is 2.27. The third-order valence-electron chi connectivity index (χ3n) is 5.25. The van der Waals surface area contributed by atoms with E-state index in [0.29, 0.717) is 23.6 Å². The second kappa shape index (κ2) is 11.4. The third-order valence-corrected chi connectivity index (χ3v) is 5.25. The summed E-state index contributed by atoms with van der Waals surface area (Å²) in [6.45, 7) is 12.1. The molecule has 8 nitrogen and oxygen atoms in total. The smallest absolute Gasteiger partial charge is 0.331 e. The summed E-state index contributed by atoms with van der Waals surface area (Å²) in [5.41, 5.74) is 5.31. The summed E-state index contributed by atoms with van der Waals surface area (Å²) < 4.78 is 2.28. The number of oxime groups is 1. The topological polar surface area (TPSA) is 122 Å². The molecule has 0 aliphatic heterocycles. The molecule has 0 amide bonds. The number of carbonyl (C=O) groups is 3. The summed E-state index contributed by atoms with van der Waals surface area (Å²) in [6.07, 6.45) is 0.396. The van der Waals surface area contributed by atoms with Gasteiger partial charge in [-0.15, -0.1) is 0 Å². The molecule has 0 unspecified atom stereocenters. The van der Waals surface area contributed by atoms with Gasteiger partial charge in [0.05, 0.1) is 11.4 Å². The number of ketones is 1. The molecule has 0 saturated carbocycles. The van der Waals surface area contributed by atoms with Crippen molar-refractivity contribution in [2.75, 3.05) is 0 Å². The van der Waals surface area contributed by atoms with Crippen molar-refractivity contribution < 1.29 is 24.3 Å². The summed E-state index contributed by atoms with van der Waals surface area (Å²) in [7, 11) is 0. The van der Waals surface area contributed by atoms with E-state index in [1.807, 2.05) is 32.0 Å². The van der Waals surface area contributed by atoms with Crippen molar-refractivity contribution in [3.05, 3.63) is 47.0 Å². The molecule has 34 heavy (non-hydrogen) atoms. The lowest BCUT2D eigenvalue weighted by Gasteiger charge is -2.11. The van der Waals surface area contributed by atoms with Crippen LogP contribution in [-0.2, 0) is 27.4 Å². The first-order chi connectivity index (χ1) is 16.2. The number of hydrogen-bond donors (Lipinski definition) is 2. The largest absolute Gasteiger partial charge is 0.483 e. The van der Waals surface area contributed by atoms with E-state index in [2.05, 4.69) is 35.7 Å². The molecule has 4 rings (SSSR count). The Balaban J connectivity index is 0.000000758. The van der Waals surface area contributed by atoms with Gasteiger partial charge >= 0.3 is 5.97 Å². The molecular formula is C26H31N3O5. The number of rotatable bonds is 4. The maximum absolute atomic E-state index is 12.4. The van der Waals surface area contributed by atoms with Crippen LogP contribution in [0.15, 0.2) is 35.5 Å². The van der Waals surface area contributed by atoms with E-state index in [0.717, 1.165) is 39.5 Å². The van der Waals surface area contributed by atoms with Gasteiger partial charge in [0.1, 0.15) is 0 Å². The molecule has 8 heteroatoms. The maximum atomic E-state index is 12.4. The highest BCUT2D eigenvalue weighted by atomic mass is 16.7. The van der Waals surface area contributed by atoms with Crippen LogP contribution in [0, 0.1) is 11.3 Å². The summed E-state index contributed by atoms with van der Waals surface area (Å²) in [5.74, 6) is -0.195. The standard InChI is InChI=1S/C23H23N3O3.C2H6.CH2O2/c1-12(2)11-26-21-6-5-15(13(3)25-29-14(4)27)7-18(21)19-10-17-16(9-22(19)26)8-20(24)23(17)28;1-2;2-1-3/h5-7,9-10,12,24H,8,11H2,1-4H3;1-2H3;1H,(H,2,3)/b24-20?,25-13+;;. The molecule has 1 aliphatic carbocycles. The van der Waals surface area contributed by atoms with Crippen LogP contribution in [0.3, 0.4) is 0 Å². The second-order valence-corrected chi connectivity index (χ2v) is 8.11. The van der Waals surface area contributed by atoms with E-state index in [-0.39, 0.29) is 18.0 Å². The van der Waals surface area contributed by atoms with Crippen LogP contribution in [0.4, 0.5) is 0 Å². The molecule has 0 saturated heterocycles. The Hall–Kier alpha value is -3.81. The molecule has 1 heterocycles. The number of carbonyl (C=O) groups excluding carboxylic acids is 2. The van der Waals surface area contributed by atoms with Gasteiger partial charge in [-0.3, -0.25) is 9.59 Å². The minimum absolute atomic E-state index is 0.150. The van der Waals surface area contributed by atoms with Crippen LogP contribution in [0.1, 0.15) is 63.0 Å². The minimum atomic E-state index is -0.463. The average molecular weight is 466 g/mol. The Morgan fingerprint density at radius 1 is 1.18 bits per heavy atom. The molecule has 2 N–H and O–H groups in total. The molecule has 3 aromatic rings. The predicted molar refractivity (Wildman–Crippen MR) is 134 cm³/mol. The molecule has 1 aliphatic rings. The SMILES string of the molecule is CC.CC(=O)O/N=C(\C)c1ccc2c(c1)c1cc3c(cc1n2CC(C)C)CC(=N)C3=O.O=CO. The van der Waals surface area contributed by atoms with Gasteiger partial charge in [0.15, 0.2) is 0 Å². The molecule has 180 valence electrons. The first kappa shape index (κ1) is 26.4. The van der Waals surface area contributed by atoms with Crippen molar-refractivity contribution in [3.8, 4) is 0 Å². The fraction of sp³-hybridized carbons (Fsp3) is 0.346. The van der Waals surface area contributed by atoms with E-state index < -0.39 is 5.97 Å². The van der Waals surface area contributed by atoms with Crippen molar-refractivity contribution in [2.45, 2.75) is 54.5 Å². The van der Waals surface area contributed by atoms with E-state index in [1.54, 1.807) is 6.92 Å². The van der Waals surface area contributed by atoms with Crippen molar-refractivity contribution in [3.63, 3.8) is 0 Å². The zero-order valence-electron chi connectivity index (χ0n) is 20.4. The Labute approximate surface area is 198 Å². The highest BCUT2D eigenvalue weighted by Crippen LogP contribution is 2.35. The van der Waals surface area contributed by atoms with Gasteiger partial charge in [-0.05, 0) is 48.2 Å². The van der Waals surface area contributed by atoms with Gasteiger partial charge in [-0.25, -0.2) is 4.79 Å². The van der Waals surface area contributed by atoms with Crippen LogP contribution in [0.2, 0.25) is 0 Å². The zero-order chi connectivity index (χ0) is 25.6. The molecule has 0 bridgehead atoms. The summed E-state index contributed by atoms with van der Waals surface area (Å²) >= 11 is 0. The van der Waals surface area contributed by atoms with Crippen molar-refractivity contribution >= 4 is 51.5 Å². The number of carboxylic acid groups (broad SMARTS) is 1. The van der Waals surface area contributed by atoms with Crippen LogP contribution in [-0.4, -0.2) is 39.3 Å². The molecule has 0 atom stereocenters. The third kappa shape index (κ3) is 5.39. The minimum Gasteiger partial charge on any atom is -0.483 e. The van der Waals surface area contributed by atoms with Crippen LogP contribution < -0.4 is 0 Å². The lowest BCUT2D eigenvalue weighted by Crippen LogP contribution is -2.04. The quantitative estimate of drug-likeness (QED) is 0.237. The highest BCUT2D eigenvalue weighted by molar-refractivity contribution is 6.48. The van der Waals surface area contributed by atoms with Crippen molar-refractivity contribution in [1.82, 2.24) is 4.57 Å². The van der Waals surface area contributed by atoms with Gasteiger partial charge in [-0.1, -0.05) is 38.9 Å². The number of hydrogen-bond acceptors (Lipinski definition) is 6. The normalized spacial score (nSPS) is 12.7. The van der Waals surface area contributed by atoms with Crippen molar-refractivity contribution in [1.29, 1.82) is 5.41 Å². The number of nitrogens with one attached hydrogen (secondary N) is 1. The van der Waals surface area contributed by atoms with Gasteiger partial charge < -0.3 is 19.9 Å². The summed E-state index contributed by atoms with van der Waals surface area (Å²) in [5, 5.41) is 20.7. The average Bonchev–Trinajstić information content (AvgIpc) is 3.25. The number of aromatic nitrogens is 1. The van der Waals surface area contributed by atoms with Gasteiger partial charge in [-0.2, -0.15) is 0 Å². The number of nitrogens with zero attached hydrogens (tertiary/aromatic N) is 2. The number of fused-ring (bicyclic) bond motifs is 4. The van der Waals surface area contributed by atoms with E-state index >= 15 is 0 Å². The molecule has 0 spiro atoms. The number of benzene rings is 2. The molecule has 2 aromatic carbocycles. The maximum Gasteiger partial charge on any atom is 0.331 e. The fourth-order valence-corrected chi connectivity index (χ4v) is 3.95. The number of Topliss-reactive ketones (excluding diaryl/α,β-unsaturated/α-hetero) is 1. The first-order valence-electron chi connectivity index (χ1n) is 11.2. The fourth-order valence-electron chi connectivity index (χ4n) is 3.95. The van der Waals surface area contributed by atoms with Gasteiger partial charge in [0.2, 0.25) is 5.78 Å². The Morgan fingerprint density at radius 2 is 1.79 bits per heavy atom. The molecular weight excluding hydrogens is 434 g/mol. The lowest BCUT2D eigenvalue weighted by molar-refractivity contribution is -0.140. The second-order valence-electron chi connectivity index (χ2n) is 8.11. The van der Waals surface area contributed by atoms with E-state index in [4.69, 9.17) is 20.1 Å². The summed E-state index contributed by atoms with van der Waals surface area (Å²) in [6, 6.07) is 10.0. The van der Waals surface area contributed by atoms with Gasteiger partial charge in [0, 0.05) is 47.3 Å². The lowest BCUT2D eigenvalue weighted by atomic mass is 10.0. The zero-order valence-corrected chi connectivity index (χ0v) is 20.4. The Bertz CT molecular complexity index is 1280. The van der Waals surface area contributed by atoms with E-state index in [1.165, 1.54) is 6.92 Å². The molecule has 1 aromatic heterocycles. The Morgan fingerprint density at radius 3 is 2.38 bits per heavy atom. The van der Waals surface area contributed by atoms with Gasteiger partial charge in [0.25, 0.3) is 6.47 Å². The van der Waals surface area contributed by atoms with Crippen LogP contribution >= 0.6 is 0 Å². The van der Waals surface area contributed by atoms with Crippen LogP contribution in [0.25, 0.3) is 21.8 Å². The Kier molecular flexibility index (Phi) is 8.83. The monoisotopic (exact) mass is 465 g/mol. The summed E-state index contributed by atoms with van der Waals surface area (Å²) in [4.78, 5) is 36.6. The van der Waals surface area contributed by atoms with E-state index in [9.17, 15) is 9.59 Å². The van der Waals surface area contributed by atoms with Crippen molar-refractivity contribution in [2.24, 2.45) is 11.1 Å².